The average Bonchev–Trinajstić information content (AvgIpc) is 1.87. The minimum atomic E-state index is -2.17. The zero-order valence-electron chi connectivity index (χ0n) is 7.61. The van der Waals surface area contributed by atoms with Crippen LogP contribution in [-0.2, 0) is 0 Å². The zero-order chi connectivity index (χ0) is 8.69. The maximum Gasteiger partial charge on any atom is 1.00 e. The van der Waals surface area contributed by atoms with E-state index in [2.05, 4.69) is 11.9 Å². The summed E-state index contributed by atoms with van der Waals surface area (Å²) < 4.78 is 0. The van der Waals surface area contributed by atoms with Crippen molar-refractivity contribution in [3.05, 3.63) is 7.05 Å². The Hall–Kier alpha value is 1.54. The van der Waals surface area contributed by atoms with Gasteiger partial charge in [-0.3, -0.25) is 7.05 Å². The minimum Gasteiger partial charge on any atom is -0.459 e. The van der Waals surface area contributed by atoms with Gasteiger partial charge in [0.05, 0.1) is 0 Å². The third-order valence-corrected chi connectivity index (χ3v) is 1.45. The van der Waals surface area contributed by atoms with Gasteiger partial charge in [-0.2, -0.15) is 0 Å². The quantitative estimate of drug-likeness (QED) is 0.277. The molecule has 1 aliphatic heterocycles. The standard InChI is InChI=1S/C6H12N.BH3O3.K/c1-7-5-3-2-4-6-7;2-1(3)4;/h1-6H2;2-4H;/q-1;;+1. The number of hydrogen-bond acceptors (Lipinski definition) is 4. The van der Waals surface area contributed by atoms with E-state index in [1.54, 1.807) is 0 Å². The molecule has 0 bridgehead atoms. The fraction of sp³-hybridized carbons (Fsp3) is 0.833. The van der Waals surface area contributed by atoms with Crippen LogP contribution in [0.4, 0.5) is 0 Å². The summed E-state index contributed by atoms with van der Waals surface area (Å²) in [5, 5.41) is 21.5. The van der Waals surface area contributed by atoms with Crippen LogP contribution in [0.1, 0.15) is 19.3 Å². The molecule has 0 radical (unpaired) electrons. The summed E-state index contributed by atoms with van der Waals surface area (Å²) in [6, 6.07) is 0. The van der Waals surface area contributed by atoms with Gasteiger partial charge in [-0.25, -0.2) is 0 Å². The Balaban J connectivity index is 0. The van der Waals surface area contributed by atoms with Crippen molar-refractivity contribution in [3.63, 3.8) is 0 Å². The second-order valence-electron chi connectivity index (χ2n) is 2.53. The van der Waals surface area contributed by atoms with Crippen LogP contribution in [0.5, 0.6) is 0 Å². The van der Waals surface area contributed by atoms with Gasteiger partial charge in [0.1, 0.15) is 0 Å². The molecule has 1 aliphatic rings. The predicted octanol–water partition coefficient (Wildman–Crippen LogP) is -3.78. The number of rotatable bonds is 0. The Morgan fingerprint density at radius 2 is 1.33 bits per heavy atom. The van der Waals surface area contributed by atoms with Crippen LogP contribution in [0.3, 0.4) is 0 Å². The van der Waals surface area contributed by atoms with Gasteiger partial charge in [0.25, 0.3) is 0 Å². The van der Waals surface area contributed by atoms with Crippen LogP contribution in [0.2, 0.25) is 0 Å². The third kappa shape index (κ3) is 14.1. The smallest absolute Gasteiger partial charge is 0.459 e. The predicted molar refractivity (Wildman–Crippen MR) is 43.2 cm³/mol. The summed E-state index contributed by atoms with van der Waals surface area (Å²) in [5.41, 5.74) is 0. The zero-order valence-corrected chi connectivity index (χ0v) is 10.7. The van der Waals surface area contributed by atoms with Crippen LogP contribution in [0.15, 0.2) is 0 Å². The fourth-order valence-electron chi connectivity index (χ4n) is 0.959. The summed E-state index contributed by atoms with van der Waals surface area (Å²) in [4.78, 5) is 2.14. The monoisotopic (exact) mass is 199 g/mol. The van der Waals surface area contributed by atoms with Crippen molar-refractivity contribution in [2.75, 3.05) is 13.1 Å². The van der Waals surface area contributed by atoms with Gasteiger partial charge in [0.15, 0.2) is 0 Å². The van der Waals surface area contributed by atoms with Crippen molar-refractivity contribution >= 4 is 7.32 Å². The molecular formula is C6H15BKNO3. The second-order valence-corrected chi connectivity index (χ2v) is 2.53. The molecule has 1 saturated heterocycles. The molecule has 0 aliphatic carbocycles. The molecule has 0 aromatic heterocycles. The Morgan fingerprint density at radius 1 is 1.00 bits per heavy atom. The summed E-state index contributed by atoms with van der Waals surface area (Å²) in [7, 11) is 1.66. The fourth-order valence-corrected chi connectivity index (χ4v) is 0.959. The molecule has 0 aromatic carbocycles. The summed E-state index contributed by atoms with van der Waals surface area (Å²) in [6.07, 6.45) is 4.11. The molecule has 1 rings (SSSR count). The molecule has 0 spiro atoms. The van der Waals surface area contributed by atoms with E-state index in [0.29, 0.717) is 0 Å². The van der Waals surface area contributed by atoms with Gasteiger partial charge < -0.3 is 20.0 Å². The molecule has 0 atom stereocenters. The van der Waals surface area contributed by atoms with Crippen LogP contribution in [0.25, 0.3) is 0 Å². The van der Waals surface area contributed by atoms with E-state index in [1.807, 2.05) is 0 Å². The van der Waals surface area contributed by atoms with Crippen LogP contribution >= 0.6 is 0 Å². The van der Waals surface area contributed by atoms with Crippen molar-refractivity contribution in [2.45, 2.75) is 19.3 Å². The van der Waals surface area contributed by atoms with E-state index >= 15 is 0 Å². The Morgan fingerprint density at radius 3 is 1.50 bits per heavy atom. The molecule has 0 amide bonds. The van der Waals surface area contributed by atoms with E-state index < -0.39 is 7.32 Å². The van der Waals surface area contributed by atoms with Crippen molar-refractivity contribution in [2.24, 2.45) is 0 Å². The number of nitrogens with zero attached hydrogens (tertiary/aromatic N) is 1. The molecule has 0 unspecified atom stereocenters. The summed E-state index contributed by atoms with van der Waals surface area (Å²) in [5.74, 6) is 0. The van der Waals surface area contributed by atoms with Crippen molar-refractivity contribution < 1.29 is 66.5 Å². The number of likely N-dealkylation sites (tertiary alicyclic amines) is 1. The molecular weight excluding hydrogens is 184 g/mol. The van der Waals surface area contributed by atoms with Gasteiger partial charge in [0, 0.05) is 0 Å². The van der Waals surface area contributed by atoms with E-state index in [9.17, 15) is 0 Å². The van der Waals surface area contributed by atoms with Crippen LogP contribution in [-0.4, -0.2) is 40.4 Å². The number of hydrogen-bond donors (Lipinski definition) is 3. The average molecular weight is 199 g/mol. The molecule has 3 N–H and O–H groups in total. The Labute approximate surface area is 117 Å². The third-order valence-electron chi connectivity index (χ3n) is 1.45. The van der Waals surface area contributed by atoms with E-state index in [4.69, 9.17) is 15.1 Å². The van der Waals surface area contributed by atoms with E-state index in [0.717, 1.165) is 0 Å². The minimum absolute atomic E-state index is 0. The van der Waals surface area contributed by atoms with Crippen LogP contribution in [0, 0.1) is 7.05 Å². The van der Waals surface area contributed by atoms with Crippen molar-refractivity contribution in [3.8, 4) is 0 Å². The summed E-state index contributed by atoms with van der Waals surface area (Å²) in [6.45, 7) is 2.42. The van der Waals surface area contributed by atoms with Crippen molar-refractivity contribution in [1.82, 2.24) is 4.90 Å². The van der Waals surface area contributed by atoms with Gasteiger partial charge in [-0.15, -0.1) is 0 Å². The molecule has 0 saturated carbocycles. The maximum atomic E-state index is 7.17. The SMILES string of the molecule is OB(O)O.[CH2-]N1CCCCC1.[K+]. The van der Waals surface area contributed by atoms with Gasteiger partial charge in [0.2, 0.25) is 0 Å². The van der Waals surface area contributed by atoms with Crippen molar-refractivity contribution in [1.29, 1.82) is 0 Å². The topological polar surface area (TPSA) is 63.9 Å². The molecule has 12 heavy (non-hydrogen) atoms. The van der Waals surface area contributed by atoms with Gasteiger partial charge >= 0.3 is 58.7 Å². The number of piperidine rings is 1. The van der Waals surface area contributed by atoms with Crippen LogP contribution < -0.4 is 51.4 Å². The molecule has 6 heteroatoms. The first kappa shape index (κ1) is 16.0. The van der Waals surface area contributed by atoms with Gasteiger partial charge in [-0.05, 0) is 25.9 Å². The molecule has 4 nitrogen and oxygen atoms in total. The molecule has 66 valence electrons. The van der Waals surface area contributed by atoms with E-state index in [1.165, 1.54) is 32.4 Å². The first-order valence-corrected chi connectivity index (χ1v) is 3.72. The Kier molecular flexibility index (Phi) is 14.2. The van der Waals surface area contributed by atoms with E-state index in [-0.39, 0.29) is 51.4 Å². The van der Waals surface area contributed by atoms with Gasteiger partial charge in [-0.1, -0.05) is 6.42 Å². The maximum absolute atomic E-state index is 7.17. The largest absolute Gasteiger partial charge is 1.00 e. The molecule has 1 heterocycles. The summed E-state index contributed by atoms with van der Waals surface area (Å²) >= 11 is 0. The first-order valence-electron chi connectivity index (χ1n) is 3.72. The second kappa shape index (κ2) is 10.6. The molecule has 1 fully saturated rings. The Bertz CT molecular complexity index is 88.1. The first-order chi connectivity index (χ1) is 5.13. The normalized spacial score (nSPS) is 17.0. The molecule has 0 aromatic rings.